The highest BCUT2D eigenvalue weighted by Gasteiger charge is 2.42. The molecule has 0 saturated heterocycles. The molecule has 19 heavy (non-hydrogen) atoms. The van der Waals surface area contributed by atoms with Crippen molar-refractivity contribution >= 4 is 14.3 Å². The van der Waals surface area contributed by atoms with Gasteiger partial charge in [0.25, 0.3) is 0 Å². The fourth-order valence-corrected chi connectivity index (χ4v) is 4.59. The van der Waals surface area contributed by atoms with Crippen LogP contribution in [0.15, 0.2) is 0 Å². The largest absolute Gasteiger partial charge is 0.481 e. The zero-order valence-electron chi connectivity index (χ0n) is 12.8. The van der Waals surface area contributed by atoms with Crippen LogP contribution in [0.4, 0.5) is 0 Å². The van der Waals surface area contributed by atoms with Crippen molar-refractivity contribution in [1.82, 2.24) is 5.32 Å². The van der Waals surface area contributed by atoms with Crippen molar-refractivity contribution in [2.75, 3.05) is 7.05 Å². The van der Waals surface area contributed by atoms with Crippen molar-refractivity contribution in [2.45, 2.75) is 70.3 Å². The molecule has 4 nitrogen and oxygen atoms in total. The molecule has 1 aliphatic carbocycles. The van der Waals surface area contributed by atoms with Crippen LogP contribution in [0, 0.1) is 5.92 Å². The van der Waals surface area contributed by atoms with Gasteiger partial charge in [-0.25, -0.2) is 0 Å². The molecule has 112 valence electrons. The van der Waals surface area contributed by atoms with E-state index in [9.17, 15) is 4.79 Å². The molecule has 1 fully saturated rings. The standard InChI is InChI=1S/C14H29NO3Si/c1-15-14(11-10-13(16)17,18-19(2,3)4)12-8-6-5-7-9-12/h12,15H,5-11H2,1-4H3,(H,16,17). The summed E-state index contributed by atoms with van der Waals surface area (Å²) in [4.78, 5) is 10.9. The Labute approximate surface area is 118 Å². The first-order valence-electron chi connectivity index (χ1n) is 7.40. The number of hydrogen-bond acceptors (Lipinski definition) is 3. The molecule has 0 aromatic rings. The predicted octanol–water partition coefficient (Wildman–Crippen LogP) is 3.20. The molecule has 0 heterocycles. The molecule has 0 aliphatic heterocycles. The zero-order chi connectivity index (χ0) is 14.5. The van der Waals surface area contributed by atoms with E-state index in [4.69, 9.17) is 9.53 Å². The van der Waals surface area contributed by atoms with Gasteiger partial charge in [-0.2, -0.15) is 0 Å². The lowest BCUT2D eigenvalue weighted by Crippen LogP contribution is -2.57. The maximum absolute atomic E-state index is 10.9. The third kappa shape index (κ3) is 5.24. The number of carboxylic acid groups (broad SMARTS) is 1. The Kier molecular flexibility index (Phi) is 6.01. The minimum absolute atomic E-state index is 0.168. The van der Waals surface area contributed by atoms with Gasteiger partial charge in [0.2, 0.25) is 0 Å². The van der Waals surface area contributed by atoms with Crippen molar-refractivity contribution in [3.05, 3.63) is 0 Å². The first-order chi connectivity index (χ1) is 8.79. The van der Waals surface area contributed by atoms with E-state index in [1.54, 1.807) is 0 Å². The van der Waals surface area contributed by atoms with Gasteiger partial charge in [0.15, 0.2) is 8.32 Å². The highest BCUT2D eigenvalue weighted by Crippen LogP contribution is 2.38. The molecule has 1 rings (SSSR count). The lowest BCUT2D eigenvalue weighted by atomic mass is 9.79. The number of rotatable bonds is 7. The van der Waals surface area contributed by atoms with Crippen LogP contribution in [0.1, 0.15) is 44.9 Å². The van der Waals surface area contributed by atoms with Gasteiger partial charge in [-0.3, -0.25) is 10.1 Å². The second-order valence-corrected chi connectivity index (χ2v) is 11.0. The Morgan fingerprint density at radius 1 is 1.32 bits per heavy atom. The molecule has 5 heteroatoms. The van der Waals surface area contributed by atoms with Crippen molar-refractivity contribution < 1.29 is 14.3 Å². The summed E-state index contributed by atoms with van der Waals surface area (Å²) in [7, 11) is 0.188. The molecular weight excluding hydrogens is 258 g/mol. The Morgan fingerprint density at radius 3 is 2.32 bits per heavy atom. The van der Waals surface area contributed by atoms with Crippen molar-refractivity contribution in [3.8, 4) is 0 Å². The third-order valence-corrected chi connectivity index (χ3v) is 4.86. The van der Waals surface area contributed by atoms with Crippen LogP contribution in [0.25, 0.3) is 0 Å². The van der Waals surface area contributed by atoms with E-state index in [2.05, 4.69) is 25.0 Å². The third-order valence-electron chi connectivity index (χ3n) is 3.89. The van der Waals surface area contributed by atoms with Gasteiger partial charge < -0.3 is 9.53 Å². The second kappa shape index (κ2) is 6.86. The SMILES string of the molecule is CNC(CCC(=O)O)(O[Si](C)(C)C)C1CCCCC1. The maximum Gasteiger partial charge on any atom is 0.303 e. The van der Waals surface area contributed by atoms with Crippen LogP contribution in [0.5, 0.6) is 0 Å². The van der Waals surface area contributed by atoms with E-state index in [0.717, 1.165) is 12.8 Å². The summed E-state index contributed by atoms with van der Waals surface area (Å²) >= 11 is 0. The van der Waals surface area contributed by atoms with Crippen LogP contribution in [-0.4, -0.2) is 32.2 Å². The molecule has 0 radical (unpaired) electrons. The molecule has 0 amide bonds. The Hall–Kier alpha value is -0.393. The summed E-state index contributed by atoms with van der Waals surface area (Å²) in [5.74, 6) is -0.299. The Balaban J connectivity index is 2.86. The lowest BCUT2D eigenvalue weighted by Gasteiger charge is -2.46. The van der Waals surface area contributed by atoms with Crippen molar-refractivity contribution in [1.29, 1.82) is 0 Å². The number of hydrogen-bond donors (Lipinski definition) is 2. The van der Waals surface area contributed by atoms with Crippen LogP contribution in [-0.2, 0) is 9.22 Å². The van der Waals surface area contributed by atoms with E-state index < -0.39 is 20.0 Å². The van der Waals surface area contributed by atoms with Crippen LogP contribution in [0.3, 0.4) is 0 Å². The summed E-state index contributed by atoms with van der Waals surface area (Å²) in [6, 6.07) is 0. The first kappa shape index (κ1) is 16.7. The van der Waals surface area contributed by atoms with Crippen molar-refractivity contribution in [2.24, 2.45) is 5.92 Å². The number of nitrogens with one attached hydrogen (secondary N) is 1. The number of carbonyl (C=O) groups is 1. The maximum atomic E-state index is 10.9. The van der Waals surface area contributed by atoms with E-state index in [-0.39, 0.29) is 6.42 Å². The van der Waals surface area contributed by atoms with Crippen LogP contribution >= 0.6 is 0 Å². The predicted molar refractivity (Wildman–Crippen MR) is 79.7 cm³/mol. The average molecular weight is 287 g/mol. The molecule has 1 aliphatic rings. The molecule has 2 N–H and O–H groups in total. The highest BCUT2D eigenvalue weighted by atomic mass is 28.4. The lowest BCUT2D eigenvalue weighted by molar-refractivity contribution is -0.139. The molecule has 0 spiro atoms. The summed E-state index contributed by atoms with van der Waals surface area (Å²) in [6.07, 6.45) is 6.78. The van der Waals surface area contributed by atoms with Crippen LogP contribution < -0.4 is 5.32 Å². The van der Waals surface area contributed by atoms with Gasteiger partial charge in [-0.1, -0.05) is 19.3 Å². The fraction of sp³-hybridized carbons (Fsp3) is 0.929. The van der Waals surface area contributed by atoms with Crippen molar-refractivity contribution in [3.63, 3.8) is 0 Å². The zero-order valence-corrected chi connectivity index (χ0v) is 13.8. The van der Waals surface area contributed by atoms with Crippen LogP contribution in [0.2, 0.25) is 19.6 Å². The van der Waals surface area contributed by atoms with E-state index >= 15 is 0 Å². The van der Waals surface area contributed by atoms with Gasteiger partial charge in [0, 0.05) is 12.3 Å². The van der Waals surface area contributed by atoms with Gasteiger partial charge in [-0.15, -0.1) is 0 Å². The molecule has 0 aromatic heterocycles. The quantitative estimate of drug-likeness (QED) is 0.557. The highest BCUT2D eigenvalue weighted by molar-refractivity contribution is 6.69. The summed E-state index contributed by atoms with van der Waals surface area (Å²) in [5.41, 5.74) is -0.441. The molecule has 1 atom stereocenters. The normalized spacial score (nSPS) is 21.1. The minimum atomic E-state index is -1.73. The first-order valence-corrected chi connectivity index (χ1v) is 10.8. The Bertz CT molecular complexity index is 298. The number of carboxylic acids is 1. The Morgan fingerprint density at radius 2 is 1.89 bits per heavy atom. The summed E-state index contributed by atoms with van der Waals surface area (Å²) in [6.45, 7) is 6.51. The van der Waals surface area contributed by atoms with E-state index in [0.29, 0.717) is 12.3 Å². The molecule has 0 aromatic carbocycles. The van der Waals surface area contributed by atoms with Gasteiger partial charge in [-0.05, 0) is 46.0 Å². The molecule has 1 saturated carbocycles. The fourth-order valence-electron chi connectivity index (χ4n) is 3.13. The average Bonchev–Trinajstić information content (AvgIpc) is 2.34. The molecular formula is C14H29NO3Si. The minimum Gasteiger partial charge on any atom is -0.481 e. The second-order valence-electron chi connectivity index (χ2n) is 6.58. The monoisotopic (exact) mass is 287 g/mol. The number of aliphatic carboxylic acids is 1. The molecule has 1 unspecified atom stereocenters. The van der Waals surface area contributed by atoms with E-state index in [1.807, 2.05) is 7.05 Å². The van der Waals surface area contributed by atoms with Gasteiger partial charge >= 0.3 is 5.97 Å². The van der Waals surface area contributed by atoms with Gasteiger partial charge in [0.05, 0.1) is 0 Å². The smallest absolute Gasteiger partial charge is 0.303 e. The topological polar surface area (TPSA) is 58.6 Å². The van der Waals surface area contributed by atoms with E-state index in [1.165, 1.54) is 19.3 Å². The van der Waals surface area contributed by atoms with Gasteiger partial charge in [0.1, 0.15) is 5.72 Å². The summed E-state index contributed by atoms with van der Waals surface area (Å²) in [5, 5.41) is 12.3. The molecule has 0 bridgehead atoms. The summed E-state index contributed by atoms with van der Waals surface area (Å²) < 4.78 is 6.43.